The second-order valence-electron chi connectivity index (χ2n) is 5.65. The predicted molar refractivity (Wildman–Crippen MR) is 66.4 cm³/mol. The van der Waals surface area contributed by atoms with E-state index >= 15 is 0 Å². The van der Waals surface area contributed by atoms with Crippen molar-refractivity contribution in [3.63, 3.8) is 0 Å². The van der Waals surface area contributed by atoms with Crippen molar-refractivity contribution in [3.8, 4) is 0 Å². The Kier molecular flexibility index (Phi) is 3.39. The topological polar surface area (TPSA) is 20.3 Å². The Morgan fingerprint density at radius 2 is 2.06 bits per heavy atom. The molecule has 0 N–H and O–H groups in total. The third-order valence-corrected chi connectivity index (χ3v) is 4.68. The lowest BCUT2D eigenvalue weighted by Gasteiger charge is -2.20. The molecule has 1 heterocycles. The largest absolute Gasteiger partial charge is 0.298 e. The van der Waals surface area contributed by atoms with Crippen molar-refractivity contribution in [2.24, 2.45) is 11.3 Å². The molecule has 0 radical (unpaired) electrons. The standard InChI is InChI=1S/C14H25NO/c1-4-7-11-8-14(11)9-12(13(16)5-2)15(6-3)10-14/h11-12H,4-10H2,1-3H3/t11?,12-,14+/m0/s1. The number of carbonyl (C=O) groups is 1. The summed E-state index contributed by atoms with van der Waals surface area (Å²) in [5, 5.41) is 0. The highest BCUT2D eigenvalue weighted by molar-refractivity contribution is 5.84. The molecule has 0 bridgehead atoms. The quantitative estimate of drug-likeness (QED) is 0.714. The van der Waals surface area contributed by atoms with Gasteiger partial charge in [-0.3, -0.25) is 9.69 Å². The van der Waals surface area contributed by atoms with E-state index in [9.17, 15) is 4.79 Å². The molecule has 0 aromatic carbocycles. The molecule has 3 atom stereocenters. The van der Waals surface area contributed by atoms with Crippen LogP contribution in [0, 0.1) is 11.3 Å². The second kappa shape index (κ2) is 4.48. The fourth-order valence-corrected chi connectivity index (χ4v) is 3.61. The van der Waals surface area contributed by atoms with Gasteiger partial charge in [0.1, 0.15) is 5.78 Å². The summed E-state index contributed by atoms with van der Waals surface area (Å²) < 4.78 is 0. The van der Waals surface area contributed by atoms with Crippen molar-refractivity contribution >= 4 is 5.78 Å². The van der Waals surface area contributed by atoms with Gasteiger partial charge in [-0.25, -0.2) is 0 Å². The first-order valence-electron chi connectivity index (χ1n) is 6.93. The van der Waals surface area contributed by atoms with Crippen LogP contribution in [0.1, 0.15) is 52.9 Å². The molecule has 2 heteroatoms. The zero-order chi connectivity index (χ0) is 11.8. The predicted octanol–water partition coefficient (Wildman–Crippen LogP) is 2.87. The van der Waals surface area contributed by atoms with E-state index in [1.165, 1.54) is 25.8 Å². The molecule has 2 aliphatic rings. The first-order chi connectivity index (χ1) is 7.66. The molecule has 2 nitrogen and oxygen atoms in total. The Labute approximate surface area is 99.4 Å². The average molecular weight is 223 g/mol. The van der Waals surface area contributed by atoms with Crippen LogP contribution in [-0.4, -0.2) is 29.8 Å². The summed E-state index contributed by atoms with van der Waals surface area (Å²) in [5.41, 5.74) is 0.543. The van der Waals surface area contributed by atoms with E-state index < -0.39 is 0 Å². The molecule has 92 valence electrons. The minimum absolute atomic E-state index is 0.247. The van der Waals surface area contributed by atoms with E-state index in [-0.39, 0.29) is 6.04 Å². The average Bonchev–Trinajstić information content (AvgIpc) is 2.80. The highest BCUT2D eigenvalue weighted by atomic mass is 16.1. The highest BCUT2D eigenvalue weighted by Gasteiger charge is 2.59. The van der Waals surface area contributed by atoms with Crippen LogP contribution in [0.5, 0.6) is 0 Å². The Morgan fingerprint density at radius 1 is 1.31 bits per heavy atom. The number of nitrogens with zero attached hydrogens (tertiary/aromatic N) is 1. The first kappa shape index (κ1) is 12.1. The van der Waals surface area contributed by atoms with Crippen LogP contribution in [0.2, 0.25) is 0 Å². The van der Waals surface area contributed by atoms with E-state index in [1.807, 2.05) is 6.92 Å². The van der Waals surface area contributed by atoms with Gasteiger partial charge in [0, 0.05) is 13.0 Å². The molecule has 1 saturated heterocycles. The lowest BCUT2D eigenvalue weighted by molar-refractivity contribution is -0.123. The summed E-state index contributed by atoms with van der Waals surface area (Å²) in [5.74, 6) is 1.38. The first-order valence-corrected chi connectivity index (χ1v) is 6.93. The molecular weight excluding hydrogens is 198 g/mol. The van der Waals surface area contributed by atoms with Gasteiger partial charge in [-0.05, 0) is 30.7 Å². The summed E-state index contributed by atoms with van der Waals surface area (Å²) in [6, 6.07) is 0.247. The number of carbonyl (C=O) groups excluding carboxylic acids is 1. The Hall–Kier alpha value is -0.370. The summed E-state index contributed by atoms with van der Waals surface area (Å²) >= 11 is 0. The van der Waals surface area contributed by atoms with Crippen molar-refractivity contribution in [2.75, 3.05) is 13.1 Å². The molecule has 0 amide bonds. The van der Waals surface area contributed by atoms with Gasteiger partial charge >= 0.3 is 0 Å². The molecule has 1 aliphatic carbocycles. The molecule has 0 aromatic heterocycles. The van der Waals surface area contributed by atoms with E-state index in [0.29, 0.717) is 17.6 Å². The Bertz CT molecular complexity index is 276. The van der Waals surface area contributed by atoms with Gasteiger partial charge in [0.05, 0.1) is 6.04 Å². The molecule has 0 aromatic rings. The number of Topliss-reactive ketones (excluding diaryl/α,β-unsaturated/α-hetero) is 1. The number of ketones is 1. The molecule has 2 fully saturated rings. The van der Waals surface area contributed by atoms with Crippen LogP contribution < -0.4 is 0 Å². The van der Waals surface area contributed by atoms with Crippen LogP contribution in [0.25, 0.3) is 0 Å². The number of hydrogen-bond donors (Lipinski definition) is 0. The van der Waals surface area contributed by atoms with Gasteiger partial charge < -0.3 is 0 Å². The van der Waals surface area contributed by atoms with Crippen molar-refractivity contribution in [1.29, 1.82) is 0 Å². The van der Waals surface area contributed by atoms with Crippen molar-refractivity contribution in [3.05, 3.63) is 0 Å². The van der Waals surface area contributed by atoms with Crippen LogP contribution in [0.4, 0.5) is 0 Å². The number of likely N-dealkylation sites (tertiary alicyclic amines) is 1. The maximum Gasteiger partial charge on any atom is 0.149 e. The van der Waals surface area contributed by atoms with Crippen LogP contribution in [0.15, 0.2) is 0 Å². The fraction of sp³-hybridized carbons (Fsp3) is 0.929. The fourth-order valence-electron chi connectivity index (χ4n) is 3.61. The van der Waals surface area contributed by atoms with E-state index in [2.05, 4.69) is 18.7 Å². The highest BCUT2D eigenvalue weighted by Crippen LogP contribution is 2.61. The molecule has 1 unspecified atom stereocenters. The van der Waals surface area contributed by atoms with Gasteiger partial charge in [0.2, 0.25) is 0 Å². The number of rotatable bonds is 5. The van der Waals surface area contributed by atoms with Crippen molar-refractivity contribution in [2.45, 2.75) is 58.9 Å². The zero-order valence-corrected chi connectivity index (χ0v) is 11.0. The normalized spacial score (nSPS) is 38.2. The zero-order valence-electron chi connectivity index (χ0n) is 11.0. The van der Waals surface area contributed by atoms with Gasteiger partial charge in [-0.1, -0.05) is 33.6 Å². The van der Waals surface area contributed by atoms with Gasteiger partial charge in [-0.15, -0.1) is 0 Å². The Balaban J connectivity index is 2.00. The van der Waals surface area contributed by atoms with Crippen molar-refractivity contribution in [1.82, 2.24) is 4.90 Å². The molecule has 1 spiro atoms. The third kappa shape index (κ3) is 1.92. The molecule has 1 aliphatic heterocycles. The summed E-state index contributed by atoms with van der Waals surface area (Å²) in [6.07, 6.45) is 5.90. The van der Waals surface area contributed by atoms with Gasteiger partial charge in [0.25, 0.3) is 0 Å². The van der Waals surface area contributed by atoms with Crippen LogP contribution in [0.3, 0.4) is 0 Å². The Morgan fingerprint density at radius 3 is 2.62 bits per heavy atom. The van der Waals surface area contributed by atoms with Gasteiger partial charge in [0.15, 0.2) is 0 Å². The summed E-state index contributed by atoms with van der Waals surface area (Å²) in [6.45, 7) is 8.68. The van der Waals surface area contributed by atoms with Gasteiger partial charge in [-0.2, -0.15) is 0 Å². The minimum atomic E-state index is 0.247. The van der Waals surface area contributed by atoms with E-state index in [0.717, 1.165) is 18.9 Å². The summed E-state index contributed by atoms with van der Waals surface area (Å²) in [7, 11) is 0. The smallest absolute Gasteiger partial charge is 0.149 e. The lowest BCUT2D eigenvalue weighted by Crippen LogP contribution is -2.35. The SMILES string of the molecule is CCCC1C[C@]12C[C@@H](C(=O)CC)N(CC)C2. The second-order valence-corrected chi connectivity index (χ2v) is 5.65. The number of hydrogen-bond acceptors (Lipinski definition) is 2. The molecule has 16 heavy (non-hydrogen) atoms. The van der Waals surface area contributed by atoms with E-state index in [1.54, 1.807) is 0 Å². The third-order valence-electron chi connectivity index (χ3n) is 4.68. The molecular formula is C14H25NO. The lowest BCUT2D eigenvalue weighted by atomic mass is 9.96. The minimum Gasteiger partial charge on any atom is -0.298 e. The van der Waals surface area contributed by atoms with Crippen LogP contribution in [-0.2, 0) is 4.79 Å². The number of likely N-dealkylation sites (N-methyl/N-ethyl adjacent to an activating group) is 1. The maximum absolute atomic E-state index is 11.9. The molecule has 2 rings (SSSR count). The maximum atomic E-state index is 11.9. The van der Waals surface area contributed by atoms with E-state index in [4.69, 9.17) is 0 Å². The summed E-state index contributed by atoms with van der Waals surface area (Å²) in [4.78, 5) is 14.3. The monoisotopic (exact) mass is 223 g/mol. The molecule has 1 saturated carbocycles. The van der Waals surface area contributed by atoms with Crippen LogP contribution >= 0.6 is 0 Å². The van der Waals surface area contributed by atoms with Crippen molar-refractivity contribution < 1.29 is 4.79 Å².